The molecule has 2 rings (SSSR count). The molecule has 0 aromatic heterocycles. The van der Waals surface area contributed by atoms with Crippen LogP contribution in [-0.4, -0.2) is 90.2 Å². The summed E-state index contributed by atoms with van der Waals surface area (Å²) in [5.41, 5.74) is 0.651. The first kappa shape index (κ1) is 20.5. The van der Waals surface area contributed by atoms with Crippen molar-refractivity contribution in [2.45, 2.75) is 26.7 Å². The van der Waals surface area contributed by atoms with Crippen molar-refractivity contribution < 1.29 is 19.0 Å². The zero-order chi connectivity index (χ0) is 18.3. The summed E-state index contributed by atoms with van der Waals surface area (Å²) in [4.78, 5) is 22.6. The maximum absolute atomic E-state index is 12.2. The Morgan fingerprint density at radius 2 is 2.00 bits per heavy atom. The number of thiocarbonyl (C=S) groups is 1. The molecule has 0 aromatic carbocycles. The van der Waals surface area contributed by atoms with Gasteiger partial charge in [-0.3, -0.25) is 0 Å². The Balaban J connectivity index is 0.000000351. The van der Waals surface area contributed by atoms with E-state index in [2.05, 4.69) is 16.9 Å². The van der Waals surface area contributed by atoms with E-state index in [1.807, 2.05) is 28.1 Å². The number of aliphatic imine (C=N–C) groups is 2. The van der Waals surface area contributed by atoms with E-state index in [-0.39, 0.29) is 12.6 Å². The lowest BCUT2D eigenvalue weighted by Crippen LogP contribution is -2.53. The topological polar surface area (TPSA) is 71.1 Å². The van der Waals surface area contributed by atoms with Crippen molar-refractivity contribution in [3.8, 4) is 0 Å². The number of quaternary nitrogens is 1. The average molecular weight is 355 g/mol. The van der Waals surface area contributed by atoms with Crippen molar-refractivity contribution >= 4 is 41.1 Å². The number of hydrogen-bond acceptors (Lipinski definition) is 5. The van der Waals surface area contributed by atoms with Crippen LogP contribution in [0.3, 0.4) is 0 Å². The molecular formula is C16H28N5O2S+. The molecule has 0 saturated carbocycles. The molecule has 0 aliphatic carbocycles. The minimum absolute atomic E-state index is 0.0312. The van der Waals surface area contributed by atoms with Gasteiger partial charge in [0.2, 0.25) is 0 Å². The maximum Gasteiger partial charge on any atom is 0.444 e. The van der Waals surface area contributed by atoms with Gasteiger partial charge in [-0.25, -0.2) is 14.7 Å². The van der Waals surface area contributed by atoms with E-state index in [4.69, 9.17) is 12.2 Å². The quantitative estimate of drug-likeness (QED) is 0.397. The van der Waals surface area contributed by atoms with Crippen molar-refractivity contribution in [2.75, 3.05) is 47.4 Å². The Bertz CT molecular complexity index is 576. The first-order valence-electron chi connectivity index (χ1n) is 8.26. The zero-order valence-electron chi connectivity index (χ0n) is 15.3. The molecule has 0 fully saturated rings. The Morgan fingerprint density at radius 3 is 2.46 bits per heavy atom. The van der Waals surface area contributed by atoms with Crippen LogP contribution in [0.25, 0.3) is 0 Å². The molecule has 2 heterocycles. The number of hydrogen-bond donors (Lipinski definition) is 0. The normalized spacial score (nSPS) is 16.9. The van der Waals surface area contributed by atoms with Gasteiger partial charge < -0.3 is 9.59 Å². The maximum atomic E-state index is 12.2. The third kappa shape index (κ3) is 5.25. The van der Waals surface area contributed by atoms with E-state index in [1.165, 1.54) is 6.34 Å². The second-order valence-corrected chi connectivity index (χ2v) is 6.99. The molecule has 2 aliphatic heterocycles. The van der Waals surface area contributed by atoms with Gasteiger partial charge in [-0.2, -0.15) is 4.58 Å². The minimum Gasteiger partial charge on any atom is -0.850 e. The summed E-state index contributed by atoms with van der Waals surface area (Å²) in [6.45, 7) is 5.98. The summed E-state index contributed by atoms with van der Waals surface area (Å²) < 4.78 is 2.45. The van der Waals surface area contributed by atoms with Gasteiger partial charge in [-0.15, -0.1) is 0 Å². The van der Waals surface area contributed by atoms with Gasteiger partial charge >= 0.3 is 6.03 Å². The Kier molecular flexibility index (Phi) is 7.78. The average Bonchev–Trinajstić information content (AvgIpc) is 2.97. The van der Waals surface area contributed by atoms with Gasteiger partial charge in [0, 0.05) is 0 Å². The summed E-state index contributed by atoms with van der Waals surface area (Å²) in [5, 5.41) is 9.93. The van der Waals surface area contributed by atoms with E-state index in [1.54, 1.807) is 9.48 Å². The lowest BCUT2D eigenvalue weighted by atomic mass is 10.2. The summed E-state index contributed by atoms with van der Waals surface area (Å²) in [5.74, 6) is 0.609. The minimum atomic E-state index is -0.0843. The van der Waals surface area contributed by atoms with Crippen molar-refractivity contribution in [2.24, 2.45) is 9.98 Å². The second-order valence-electron chi connectivity index (χ2n) is 6.60. The molecule has 0 radical (unpaired) electrons. The number of nitrogens with zero attached hydrogens (tertiary/aromatic N) is 5. The standard InChI is InChI=1S/C11H15N4OS.C5H13NO/c1-3-5-6-15-9-8(12-7-13-9)10(17)14(4-2)11(15)16;1-6(2,3)4-5-7/h7H,3-6H2,1-2H3;4-5H2,1-3H3/q+1;. The first-order chi connectivity index (χ1) is 11.3. The molecule has 2 amide bonds. The third-order valence-corrected chi connectivity index (χ3v) is 3.97. The molecule has 0 atom stereocenters. The number of fused-ring (bicyclic) bond motifs is 1. The van der Waals surface area contributed by atoms with Crippen LogP contribution >= 0.6 is 12.2 Å². The number of carbonyl (C=O) groups is 1. The van der Waals surface area contributed by atoms with Gasteiger partial charge in [0.1, 0.15) is 0 Å². The second kappa shape index (κ2) is 9.10. The van der Waals surface area contributed by atoms with E-state index < -0.39 is 0 Å². The Labute approximate surface area is 149 Å². The highest BCUT2D eigenvalue weighted by atomic mass is 32.1. The van der Waals surface area contributed by atoms with E-state index in [0.717, 1.165) is 23.9 Å². The zero-order valence-corrected chi connectivity index (χ0v) is 16.1. The number of amidine groups is 1. The number of rotatable bonds is 6. The number of likely N-dealkylation sites (N-methyl/N-ethyl adjacent to an activating group) is 1. The van der Waals surface area contributed by atoms with Gasteiger partial charge in [-0.1, -0.05) is 24.9 Å². The summed E-state index contributed by atoms with van der Waals surface area (Å²) >= 11 is 5.25. The van der Waals surface area contributed by atoms with E-state index in [9.17, 15) is 9.90 Å². The smallest absolute Gasteiger partial charge is 0.444 e. The molecule has 24 heavy (non-hydrogen) atoms. The number of amides is 2. The number of unbranched alkanes of at least 4 members (excludes halogenated alkanes) is 1. The van der Waals surface area contributed by atoms with Crippen LogP contribution in [0.1, 0.15) is 26.7 Å². The summed E-state index contributed by atoms with van der Waals surface area (Å²) in [6.07, 6.45) is 3.44. The largest absolute Gasteiger partial charge is 0.850 e. The van der Waals surface area contributed by atoms with Crippen LogP contribution in [0.4, 0.5) is 4.79 Å². The molecule has 0 saturated heterocycles. The van der Waals surface area contributed by atoms with Crippen LogP contribution in [-0.2, 0) is 0 Å². The van der Waals surface area contributed by atoms with Crippen molar-refractivity contribution in [1.82, 2.24) is 4.90 Å². The molecule has 8 heteroatoms. The lowest BCUT2D eigenvalue weighted by molar-refractivity contribution is -0.875. The van der Waals surface area contributed by atoms with Crippen LogP contribution in [0.15, 0.2) is 9.98 Å². The molecule has 2 aliphatic rings. The van der Waals surface area contributed by atoms with Gasteiger partial charge in [0.25, 0.3) is 5.84 Å². The van der Waals surface area contributed by atoms with Gasteiger partial charge in [0.15, 0.2) is 17.0 Å². The highest BCUT2D eigenvalue weighted by Gasteiger charge is 2.42. The molecule has 0 N–H and O–H groups in total. The lowest BCUT2D eigenvalue weighted by Gasteiger charge is -2.25. The third-order valence-electron chi connectivity index (χ3n) is 3.56. The van der Waals surface area contributed by atoms with Crippen molar-refractivity contribution in [3.63, 3.8) is 0 Å². The molecule has 0 unspecified atom stereocenters. The van der Waals surface area contributed by atoms with Gasteiger partial charge in [-0.05, 0) is 25.6 Å². The number of carbonyl (C=O) groups excluding carboxylic acids is 1. The van der Waals surface area contributed by atoms with Crippen LogP contribution in [0.5, 0.6) is 0 Å². The van der Waals surface area contributed by atoms with Crippen LogP contribution in [0, 0.1) is 0 Å². The Morgan fingerprint density at radius 1 is 1.33 bits per heavy atom. The Hall–Kier alpha value is -1.51. The molecule has 134 valence electrons. The highest BCUT2D eigenvalue weighted by Crippen LogP contribution is 2.12. The van der Waals surface area contributed by atoms with Crippen molar-refractivity contribution in [3.05, 3.63) is 0 Å². The predicted octanol–water partition coefficient (Wildman–Crippen LogP) is 0.516. The van der Waals surface area contributed by atoms with Crippen LogP contribution in [0.2, 0.25) is 0 Å². The molecule has 7 nitrogen and oxygen atoms in total. The molecule has 0 aromatic rings. The summed E-state index contributed by atoms with van der Waals surface area (Å²) in [7, 11) is 6.04. The van der Waals surface area contributed by atoms with E-state index >= 15 is 0 Å². The molecule has 0 bridgehead atoms. The summed E-state index contributed by atoms with van der Waals surface area (Å²) in [6, 6.07) is -0.0843. The molecule has 0 spiro atoms. The fourth-order valence-corrected chi connectivity index (χ4v) is 2.48. The molecular weight excluding hydrogens is 326 g/mol. The van der Waals surface area contributed by atoms with Gasteiger partial charge in [0.05, 0.1) is 40.8 Å². The number of urea groups is 1. The fraction of sp³-hybridized carbons (Fsp3) is 0.688. The van der Waals surface area contributed by atoms with Crippen molar-refractivity contribution in [1.29, 1.82) is 0 Å². The predicted molar refractivity (Wildman–Crippen MR) is 99.1 cm³/mol. The highest BCUT2D eigenvalue weighted by molar-refractivity contribution is 7.82. The fourth-order valence-electron chi connectivity index (χ4n) is 2.13. The van der Waals surface area contributed by atoms with Crippen LogP contribution < -0.4 is 5.11 Å². The first-order valence-corrected chi connectivity index (χ1v) is 8.67. The monoisotopic (exact) mass is 354 g/mol. The van der Waals surface area contributed by atoms with E-state index in [0.29, 0.717) is 29.6 Å². The SMILES string of the molecule is CCCC[N+]1=C2N=CN=C2C(=S)N(CC)C1=O.C[N+](C)(C)CC[O-].